The standard InChI is InChI=1S/C46H34Br2O4P2/c47-35-21-23-41-31(27-35)25-33(29-53(51,37-13-5-1-6-14-37)38-15-7-2-8-16-38)45(49)43(41)44-42-24-22-36(48)28-32(42)26-34(46(44)50)30-54(52,39-17-9-3-10-18-39)40-19-11-4-12-20-40/h1-28,49-50H,29-30H2. The minimum atomic E-state index is -3.32. The molecule has 0 aliphatic carbocycles. The first-order valence-corrected chi connectivity index (χ1v) is 22.8. The Hall–Kier alpha value is -4.70. The average molecular weight is 873 g/mol. The van der Waals surface area contributed by atoms with Gasteiger partial charge in [-0.3, -0.25) is 0 Å². The minimum absolute atomic E-state index is 0.0451. The van der Waals surface area contributed by atoms with E-state index in [2.05, 4.69) is 31.9 Å². The molecule has 0 saturated heterocycles. The van der Waals surface area contributed by atoms with Gasteiger partial charge in [0.1, 0.15) is 25.8 Å². The summed E-state index contributed by atoms with van der Waals surface area (Å²) in [5.41, 5.74) is 1.81. The van der Waals surface area contributed by atoms with Crippen molar-refractivity contribution >= 4 is 88.9 Å². The van der Waals surface area contributed by atoms with Gasteiger partial charge in [-0.25, -0.2) is 0 Å². The SMILES string of the molecule is O=P(Cc1cc2cc(Br)ccc2c(-c2c(O)c(CP(=O)(c3ccccc3)c3ccccc3)cc3cc(Br)ccc23)c1O)(c1ccccc1)c1ccccc1. The van der Waals surface area contributed by atoms with E-state index in [0.717, 1.165) is 19.7 Å². The molecule has 0 atom stereocenters. The number of rotatable bonds is 9. The summed E-state index contributed by atoms with van der Waals surface area (Å²) in [5.74, 6) is -0.134. The normalized spacial score (nSPS) is 12.0. The second-order valence-corrected chi connectivity index (χ2v) is 20.9. The number of benzene rings is 8. The van der Waals surface area contributed by atoms with Crippen LogP contribution >= 0.6 is 46.1 Å². The van der Waals surface area contributed by atoms with E-state index in [1.54, 1.807) is 0 Å². The average Bonchev–Trinajstić information content (AvgIpc) is 3.20. The monoisotopic (exact) mass is 870 g/mol. The lowest BCUT2D eigenvalue weighted by atomic mass is 9.89. The fourth-order valence-electron chi connectivity index (χ4n) is 7.42. The van der Waals surface area contributed by atoms with Gasteiger partial charge in [-0.15, -0.1) is 0 Å². The first-order chi connectivity index (χ1) is 26.2. The van der Waals surface area contributed by atoms with Crippen molar-refractivity contribution < 1.29 is 19.3 Å². The van der Waals surface area contributed by atoms with E-state index >= 15 is 9.13 Å². The fraction of sp³-hybridized carbons (Fsp3) is 0.0435. The molecule has 0 fully saturated rings. The van der Waals surface area contributed by atoms with Crippen LogP contribution in [0.5, 0.6) is 11.5 Å². The van der Waals surface area contributed by atoms with Crippen LogP contribution in [0.3, 0.4) is 0 Å². The Morgan fingerprint density at radius 1 is 0.407 bits per heavy atom. The summed E-state index contributed by atoms with van der Waals surface area (Å²) in [7, 11) is -6.65. The summed E-state index contributed by atoms with van der Waals surface area (Å²) in [5, 5.41) is 30.9. The summed E-state index contributed by atoms with van der Waals surface area (Å²) in [6.07, 6.45) is 0.0902. The van der Waals surface area contributed by atoms with Crippen LogP contribution in [0.2, 0.25) is 0 Å². The number of aromatic hydroxyl groups is 2. The Balaban J connectivity index is 1.40. The molecule has 8 aromatic rings. The molecule has 54 heavy (non-hydrogen) atoms. The molecule has 8 heteroatoms. The molecule has 8 aromatic carbocycles. The van der Waals surface area contributed by atoms with Crippen molar-refractivity contribution in [3.63, 3.8) is 0 Å². The quantitative estimate of drug-likeness (QED) is 0.142. The van der Waals surface area contributed by atoms with Gasteiger partial charge in [-0.1, -0.05) is 165 Å². The van der Waals surface area contributed by atoms with Crippen molar-refractivity contribution in [3.8, 4) is 22.6 Å². The highest BCUT2D eigenvalue weighted by Gasteiger charge is 2.33. The van der Waals surface area contributed by atoms with Gasteiger partial charge in [-0.2, -0.15) is 0 Å². The molecule has 266 valence electrons. The highest BCUT2D eigenvalue weighted by Crippen LogP contribution is 2.55. The van der Waals surface area contributed by atoms with Gasteiger partial charge >= 0.3 is 0 Å². The zero-order valence-electron chi connectivity index (χ0n) is 28.9. The van der Waals surface area contributed by atoms with E-state index in [4.69, 9.17) is 0 Å². The zero-order chi connectivity index (χ0) is 37.5. The predicted octanol–water partition coefficient (Wildman–Crippen LogP) is 11.6. The Morgan fingerprint density at radius 2 is 0.704 bits per heavy atom. The van der Waals surface area contributed by atoms with Crippen LogP contribution in [-0.2, 0) is 21.5 Å². The van der Waals surface area contributed by atoms with Crippen molar-refractivity contribution in [3.05, 3.63) is 190 Å². The lowest BCUT2D eigenvalue weighted by Gasteiger charge is -2.24. The Bertz CT molecular complexity index is 2480. The topological polar surface area (TPSA) is 74.6 Å². The molecule has 0 unspecified atom stereocenters. The lowest BCUT2D eigenvalue weighted by Crippen LogP contribution is -2.17. The van der Waals surface area contributed by atoms with Gasteiger partial charge < -0.3 is 19.3 Å². The van der Waals surface area contributed by atoms with E-state index in [-0.39, 0.29) is 23.8 Å². The fourth-order valence-corrected chi connectivity index (χ4v) is 13.6. The first-order valence-electron chi connectivity index (χ1n) is 17.4. The van der Waals surface area contributed by atoms with Crippen molar-refractivity contribution in [1.29, 1.82) is 0 Å². The van der Waals surface area contributed by atoms with Gasteiger partial charge in [0.2, 0.25) is 0 Å². The van der Waals surface area contributed by atoms with Gasteiger partial charge in [0, 0.05) is 64.7 Å². The van der Waals surface area contributed by atoms with Crippen LogP contribution in [0.25, 0.3) is 32.7 Å². The third kappa shape index (κ3) is 6.67. The van der Waals surface area contributed by atoms with Gasteiger partial charge in [0.15, 0.2) is 0 Å². The number of hydrogen-bond acceptors (Lipinski definition) is 4. The summed E-state index contributed by atoms with van der Waals surface area (Å²) < 4.78 is 32.4. The van der Waals surface area contributed by atoms with E-state index in [0.29, 0.717) is 54.2 Å². The van der Waals surface area contributed by atoms with Crippen LogP contribution in [0.15, 0.2) is 179 Å². The van der Waals surface area contributed by atoms with E-state index < -0.39 is 14.3 Å². The summed E-state index contributed by atoms with van der Waals surface area (Å²) in [4.78, 5) is 0. The van der Waals surface area contributed by atoms with Gasteiger partial charge in [-0.05, 0) is 57.9 Å². The third-order valence-electron chi connectivity index (χ3n) is 10.0. The molecule has 0 radical (unpaired) electrons. The smallest absolute Gasteiger partial charge is 0.147 e. The maximum absolute atomic E-state index is 15.4. The van der Waals surface area contributed by atoms with Crippen LogP contribution < -0.4 is 21.2 Å². The molecule has 2 N–H and O–H groups in total. The highest BCUT2D eigenvalue weighted by atomic mass is 79.9. The van der Waals surface area contributed by atoms with Crippen LogP contribution in [-0.4, -0.2) is 10.2 Å². The molecule has 0 aliphatic rings. The molecule has 0 bridgehead atoms. The van der Waals surface area contributed by atoms with Gasteiger partial charge in [0.25, 0.3) is 0 Å². The zero-order valence-corrected chi connectivity index (χ0v) is 33.9. The molecule has 0 heterocycles. The van der Waals surface area contributed by atoms with Gasteiger partial charge in [0.05, 0.1) is 0 Å². The molecule has 0 amide bonds. The first kappa shape index (κ1) is 36.3. The molecule has 8 rings (SSSR count). The van der Waals surface area contributed by atoms with Crippen molar-refractivity contribution in [2.45, 2.75) is 12.3 Å². The molecular formula is C46H34Br2O4P2. The van der Waals surface area contributed by atoms with E-state index in [1.807, 2.05) is 170 Å². The van der Waals surface area contributed by atoms with Crippen LogP contribution in [0.1, 0.15) is 11.1 Å². The Kier molecular flexibility index (Phi) is 9.98. The number of phenolic OH excluding ortho intramolecular Hbond substituents is 2. The molecule has 0 spiro atoms. The maximum Gasteiger partial charge on any atom is 0.147 e. The second-order valence-electron chi connectivity index (χ2n) is 13.4. The Labute approximate surface area is 331 Å². The van der Waals surface area contributed by atoms with Crippen LogP contribution in [0.4, 0.5) is 0 Å². The lowest BCUT2D eigenvalue weighted by molar-refractivity contribution is 0.465. The summed E-state index contributed by atoms with van der Waals surface area (Å²) >= 11 is 7.28. The van der Waals surface area contributed by atoms with Crippen LogP contribution in [0, 0.1) is 0 Å². The maximum atomic E-state index is 15.4. The molecule has 0 saturated carbocycles. The molecule has 0 aromatic heterocycles. The van der Waals surface area contributed by atoms with Crippen molar-refractivity contribution in [1.82, 2.24) is 0 Å². The molecule has 0 aliphatic heterocycles. The highest BCUT2D eigenvalue weighted by molar-refractivity contribution is 9.10. The number of fused-ring (bicyclic) bond motifs is 2. The largest absolute Gasteiger partial charge is 0.507 e. The Morgan fingerprint density at radius 3 is 1.00 bits per heavy atom. The van der Waals surface area contributed by atoms with Crippen molar-refractivity contribution in [2.24, 2.45) is 0 Å². The number of hydrogen-bond donors (Lipinski definition) is 2. The second kappa shape index (κ2) is 14.9. The minimum Gasteiger partial charge on any atom is -0.507 e. The van der Waals surface area contributed by atoms with Crippen molar-refractivity contribution in [2.75, 3.05) is 0 Å². The summed E-state index contributed by atoms with van der Waals surface area (Å²) in [6.45, 7) is 0. The summed E-state index contributed by atoms with van der Waals surface area (Å²) in [6, 6.07) is 53.0. The number of phenols is 2. The van der Waals surface area contributed by atoms with E-state index in [9.17, 15) is 10.2 Å². The number of halogens is 2. The third-order valence-corrected chi connectivity index (χ3v) is 17.1. The van der Waals surface area contributed by atoms with E-state index in [1.165, 1.54) is 0 Å². The molecular weight excluding hydrogens is 838 g/mol. The predicted molar refractivity (Wildman–Crippen MR) is 233 cm³/mol. The molecule has 4 nitrogen and oxygen atoms in total.